The molecule has 2 aromatic heterocycles. The van der Waals surface area contributed by atoms with E-state index in [-0.39, 0.29) is 5.56 Å². The van der Waals surface area contributed by atoms with Gasteiger partial charge in [-0.2, -0.15) is 9.78 Å². The zero-order valence-corrected chi connectivity index (χ0v) is 15.5. The Bertz CT molecular complexity index is 1190. The molecule has 0 aliphatic rings. The van der Waals surface area contributed by atoms with Crippen LogP contribution < -0.4 is 5.56 Å². The van der Waals surface area contributed by atoms with Crippen molar-refractivity contribution in [2.75, 3.05) is 0 Å². The van der Waals surface area contributed by atoms with Crippen LogP contribution in [0.4, 0.5) is 0 Å². The Morgan fingerprint density at radius 2 is 2.00 bits per heavy atom. The summed E-state index contributed by atoms with van der Waals surface area (Å²) in [5.74, 6) is 0.517. The van der Waals surface area contributed by atoms with Crippen LogP contribution in [0, 0.1) is 6.92 Å². The van der Waals surface area contributed by atoms with Gasteiger partial charge in [0.25, 0.3) is 5.56 Å². The van der Waals surface area contributed by atoms with Gasteiger partial charge in [-0.05, 0) is 42.8 Å². The van der Waals surface area contributed by atoms with Crippen molar-refractivity contribution < 1.29 is 0 Å². The minimum Gasteiger partial charge on any atom is -0.349 e. The van der Waals surface area contributed by atoms with Gasteiger partial charge in [0.15, 0.2) is 0 Å². The van der Waals surface area contributed by atoms with Gasteiger partial charge in [-0.15, -0.1) is 0 Å². The summed E-state index contributed by atoms with van der Waals surface area (Å²) in [7, 11) is 0. The monoisotopic (exact) mass is 414 g/mol. The van der Waals surface area contributed by atoms with E-state index in [0.29, 0.717) is 21.9 Å². The summed E-state index contributed by atoms with van der Waals surface area (Å²) < 4.78 is 2.23. The second-order valence-electron chi connectivity index (χ2n) is 5.61. The van der Waals surface area contributed by atoms with E-state index in [1.54, 1.807) is 25.3 Å². The molecule has 0 bridgehead atoms. The van der Waals surface area contributed by atoms with Crippen LogP contribution >= 0.6 is 27.5 Å². The van der Waals surface area contributed by atoms with Crippen LogP contribution in [0.3, 0.4) is 0 Å². The summed E-state index contributed by atoms with van der Waals surface area (Å²) in [5, 5.41) is 5.84. The molecule has 0 fully saturated rings. The molecule has 0 aliphatic heterocycles. The first-order valence-corrected chi connectivity index (χ1v) is 8.70. The summed E-state index contributed by atoms with van der Waals surface area (Å²) in [6, 6.07) is 13.0. The van der Waals surface area contributed by atoms with Crippen LogP contribution in [-0.4, -0.2) is 20.9 Å². The predicted molar refractivity (Wildman–Crippen MR) is 105 cm³/mol. The standard InChI is InChI=1S/C18H12BrClN4O/c1-10-22-16-14-8-12(19)4-7-15(14)23-17(16)18(25)24(10)21-9-11-2-5-13(20)6-3-11/h2-9,23H,1H3. The molecule has 0 amide bonds. The van der Waals surface area contributed by atoms with Gasteiger partial charge >= 0.3 is 0 Å². The number of aromatic amines is 1. The Labute approximate surface area is 156 Å². The molecule has 5 nitrogen and oxygen atoms in total. The lowest BCUT2D eigenvalue weighted by atomic mass is 10.2. The van der Waals surface area contributed by atoms with Gasteiger partial charge in [-0.1, -0.05) is 39.7 Å². The van der Waals surface area contributed by atoms with Crippen LogP contribution in [0.1, 0.15) is 11.4 Å². The lowest BCUT2D eigenvalue weighted by molar-refractivity contribution is 0.770. The minimum atomic E-state index is -0.236. The molecule has 0 spiro atoms. The van der Waals surface area contributed by atoms with Crippen molar-refractivity contribution in [1.29, 1.82) is 0 Å². The number of fused-ring (bicyclic) bond motifs is 3. The lowest BCUT2D eigenvalue weighted by Gasteiger charge is -2.03. The molecule has 124 valence electrons. The Hall–Kier alpha value is -2.44. The highest BCUT2D eigenvalue weighted by molar-refractivity contribution is 9.10. The summed E-state index contributed by atoms with van der Waals surface area (Å²) >= 11 is 9.33. The molecule has 2 heterocycles. The maximum Gasteiger partial charge on any atom is 0.298 e. The molecule has 25 heavy (non-hydrogen) atoms. The van der Waals surface area contributed by atoms with E-state index in [0.717, 1.165) is 20.9 Å². The Balaban J connectivity index is 1.88. The van der Waals surface area contributed by atoms with E-state index in [2.05, 4.69) is 31.0 Å². The van der Waals surface area contributed by atoms with Gasteiger partial charge in [-0.3, -0.25) is 4.79 Å². The number of aromatic nitrogens is 3. The summed E-state index contributed by atoms with van der Waals surface area (Å²) in [6.07, 6.45) is 1.61. The lowest BCUT2D eigenvalue weighted by Crippen LogP contribution is -2.20. The molecule has 7 heteroatoms. The third-order valence-electron chi connectivity index (χ3n) is 3.91. The number of rotatable bonds is 2. The Morgan fingerprint density at radius 3 is 2.76 bits per heavy atom. The number of hydrogen-bond acceptors (Lipinski definition) is 3. The van der Waals surface area contributed by atoms with E-state index < -0.39 is 0 Å². The number of nitrogens with one attached hydrogen (secondary N) is 1. The number of aryl methyl sites for hydroxylation is 1. The minimum absolute atomic E-state index is 0.236. The SMILES string of the molecule is Cc1nc2c([nH]c3ccc(Br)cc32)c(=O)n1N=Cc1ccc(Cl)cc1. The van der Waals surface area contributed by atoms with E-state index in [1.165, 1.54) is 4.68 Å². The van der Waals surface area contributed by atoms with Crippen molar-refractivity contribution in [2.24, 2.45) is 5.10 Å². The molecule has 0 saturated heterocycles. The average molecular weight is 416 g/mol. The number of benzene rings is 2. The van der Waals surface area contributed by atoms with Crippen LogP contribution in [0.2, 0.25) is 5.02 Å². The molecule has 2 aromatic carbocycles. The number of nitrogens with zero attached hydrogens (tertiary/aromatic N) is 3. The molecule has 0 aliphatic carbocycles. The van der Waals surface area contributed by atoms with E-state index in [1.807, 2.05) is 30.3 Å². The van der Waals surface area contributed by atoms with Crippen molar-refractivity contribution in [3.8, 4) is 0 Å². The van der Waals surface area contributed by atoms with E-state index in [9.17, 15) is 4.79 Å². The molecular weight excluding hydrogens is 404 g/mol. The van der Waals surface area contributed by atoms with E-state index in [4.69, 9.17) is 11.6 Å². The second-order valence-corrected chi connectivity index (χ2v) is 6.96. The molecular formula is C18H12BrClN4O. The largest absolute Gasteiger partial charge is 0.349 e. The van der Waals surface area contributed by atoms with Gasteiger partial charge in [0, 0.05) is 20.4 Å². The highest BCUT2D eigenvalue weighted by atomic mass is 79.9. The van der Waals surface area contributed by atoms with Gasteiger partial charge < -0.3 is 4.98 Å². The third kappa shape index (κ3) is 2.88. The average Bonchev–Trinajstić information content (AvgIpc) is 2.94. The van der Waals surface area contributed by atoms with Crippen molar-refractivity contribution in [2.45, 2.75) is 6.92 Å². The molecule has 0 radical (unpaired) electrons. The van der Waals surface area contributed by atoms with Crippen molar-refractivity contribution >= 4 is 55.7 Å². The van der Waals surface area contributed by atoms with E-state index >= 15 is 0 Å². The number of hydrogen-bond donors (Lipinski definition) is 1. The maximum absolute atomic E-state index is 12.8. The van der Waals surface area contributed by atoms with Crippen molar-refractivity contribution in [1.82, 2.24) is 14.6 Å². The van der Waals surface area contributed by atoms with Crippen molar-refractivity contribution in [3.05, 3.63) is 73.7 Å². The number of halogens is 2. The fourth-order valence-corrected chi connectivity index (χ4v) is 3.18. The maximum atomic E-state index is 12.8. The second kappa shape index (κ2) is 6.13. The molecule has 4 rings (SSSR count). The summed E-state index contributed by atoms with van der Waals surface area (Å²) in [5.41, 5.74) is 2.56. The van der Waals surface area contributed by atoms with Gasteiger partial charge in [0.05, 0.1) is 6.21 Å². The summed E-state index contributed by atoms with van der Waals surface area (Å²) in [6.45, 7) is 1.76. The van der Waals surface area contributed by atoms with Crippen LogP contribution in [-0.2, 0) is 0 Å². The fourth-order valence-electron chi connectivity index (χ4n) is 2.69. The predicted octanol–water partition coefficient (Wildman–Crippen LogP) is 4.48. The zero-order chi connectivity index (χ0) is 17.6. The van der Waals surface area contributed by atoms with Crippen LogP contribution in [0.25, 0.3) is 21.9 Å². The Morgan fingerprint density at radius 1 is 1.24 bits per heavy atom. The topological polar surface area (TPSA) is 63.0 Å². The fraction of sp³-hybridized carbons (Fsp3) is 0.0556. The smallest absolute Gasteiger partial charge is 0.298 e. The normalized spacial score (nSPS) is 11.8. The molecule has 4 aromatic rings. The number of H-pyrrole nitrogens is 1. The van der Waals surface area contributed by atoms with Gasteiger partial charge in [0.2, 0.25) is 0 Å². The highest BCUT2D eigenvalue weighted by Crippen LogP contribution is 2.25. The first-order valence-electron chi connectivity index (χ1n) is 7.53. The quantitative estimate of drug-likeness (QED) is 0.491. The first kappa shape index (κ1) is 16.1. The Kier molecular flexibility index (Phi) is 3.94. The van der Waals surface area contributed by atoms with Gasteiger partial charge in [0.1, 0.15) is 16.9 Å². The van der Waals surface area contributed by atoms with Crippen LogP contribution in [0.5, 0.6) is 0 Å². The summed E-state index contributed by atoms with van der Waals surface area (Å²) in [4.78, 5) is 20.5. The van der Waals surface area contributed by atoms with Crippen LogP contribution in [0.15, 0.2) is 56.8 Å². The molecule has 1 N–H and O–H groups in total. The highest BCUT2D eigenvalue weighted by Gasteiger charge is 2.13. The molecule has 0 unspecified atom stereocenters. The molecule has 0 atom stereocenters. The first-order chi connectivity index (χ1) is 12.0. The zero-order valence-electron chi connectivity index (χ0n) is 13.1. The third-order valence-corrected chi connectivity index (χ3v) is 4.66. The van der Waals surface area contributed by atoms with Crippen molar-refractivity contribution in [3.63, 3.8) is 0 Å². The van der Waals surface area contributed by atoms with Gasteiger partial charge in [-0.25, -0.2) is 4.98 Å². The molecule has 0 saturated carbocycles.